The molecule has 0 atom stereocenters. The summed E-state index contributed by atoms with van der Waals surface area (Å²) in [5.74, 6) is -0.0369. The molecule has 0 aliphatic rings. The van der Waals surface area contributed by atoms with Crippen molar-refractivity contribution in [3.8, 4) is 0 Å². The van der Waals surface area contributed by atoms with Gasteiger partial charge < -0.3 is 0 Å². The molecule has 0 aliphatic heterocycles. The smallest absolute Gasteiger partial charge is 0.269 e. The van der Waals surface area contributed by atoms with Crippen LogP contribution in [0.2, 0.25) is 0 Å². The lowest BCUT2D eigenvalue weighted by Crippen LogP contribution is -2.42. The quantitative estimate of drug-likeness (QED) is 0.356. The molecular weight excluding hydrogens is 282 g/mol. The molecule has 0 radical (unpaired) electrons. The van der Waals surface area contributed by atoms with Crippen molar-refractivity contribution in [3.05, 3.63) is 52.6 Å². The first-order valence-corrected chi connectivity index (χ1v) is 6.72. The standard InChI is InChI=1S/C12H13N3O4S/c1-2-7-20-8-11(16)13-14-12(17)9-3-5-10(6-4-9)15(18)19/h2-6H,1,7-8H2,(H,13,16)(H,14,17). The van der Waals surface area contributed by atoms with Gasteiger partial charge in [-0.05, 0) is 12.1 Å². The number of hydrazine groups is 1. The van der Waals surface area contributed by atoms with E-state index < -0.39 is 10.8 Å². The third-order valence-electron chi connectivity index (χ3n) is 2.12. The van der Waals surface area contributed by atoms with Crippen LogP contribution in [0, 0.1) is 10.1 Å². The normalized spacial score (nSPS) is 9.60. The number of non-ortho nitro benzene ring substituents is 1. The van der Waals surface area contributed by atoms with Gasteiger partial charge in [-0.15, -0.1) is 18.3 Å². The number of nitrogens with zero attached hydrogens (tertiary/aromatic N) is 1. The van der Waals surface area contributed by atoms with E-state index in [4.69, 9.17) is 0 Å². The number of nitro groups is 1. The molecule has 0 heterocycles. The zero-order valence-electron chi connectivity index (χ0n) is 10.5. The summed E-state index contributed by atoms with van der Waals surface area (Å²) in [6, 6.07) is 5.06. The highest BCUT2D eigenvalue weighted by Gasteiger charge is 2.10. The van der Waals surface area contributed by atoms with Crippen LogP contribution in [0.1, 0.15) is 10.4 Å². The van der Waals surface area contributed by atoms with Gasteiger partial charge in [-0.25, -0.2) is 0 Å². The molecule has 1 aromatic carbocycles. The van der Waals surface area contributed by atoms with Crippen LogP contribution in [0.25, 0.3) is 0 Å². The van der Waals surface area contributed by atoms with Gasteiger partial charge in [-0.3, -0.25) is 30.6 Å². The first-order chi connectivity index (χ1) is 9.54. The fraction of sp³-hybridized carbons (Fsp3) is 0.167. The van der Waals surface area contributed by atoms with E-state index in [9.17, 15) is 19.7 Å². The maximum Gasteiger partial charge on any atom is 0.269 e. The Bertz CT molecular complexity index is 516. The minimum atomic E-state index is -0.555. The molecule has 0 spiro atoms. The van der Waals surface area contributed by atoms with Gasteiger partial charge in [-0.2, -0.15) is 0 Å². The van der Waals surface area contributed by atoms with Crippen LogP contribution in [-0.2, 0) is 4.79 Å². The monoisotopic (exact) mass is 295 g/mol. The van der Waals surface area contributed by atoms with Crippen LogP contribution in [0.5, 0.6) is 0 Å². The Morgan fingerprint density at radius 3 is 2.50 bits per heavy atom. The fourth-order valence-corrected chi connectivity index (χ4v) is 1.75. The van der Waals surface area contributed by atoms with Crippen molar-refractivity contribution in [2.24, 2.45) is 0 Å². The molecule has 0 saturated carbocycles. The van der Waals surface area contributed by atoms with E-state index in [1.165, 1.54) is 36.0 Å². The summed E-state index contributed by atoms with van der Waals surface area (Å²) in [6.07, 6.45) is 1.67. The van der Waals surface area contributed by atoms with Crippen LogP contribution in [0.3, 0.4) is 0 Å². The largest absolute Gasteiger partial charge is 0.272 e. The van der Waals surface area contributed by atoms with Gasteiger partial charge in [0, 0.05) is 23.4 Å². The maximum atomic E-state index is 11.6. The van der Waals surface area contributed by atoms with Crippen molar-refractivity contribution >= 4 is 29.3 Å². The second-order valence-corrected chi connectivity index (χ2v) is 4.64. The van der Waals surface area contributed by atoms with Gasteiger partial charge in [0.05, 0.1) is 10.7 Å². The van der Waals surface area contributed by atoms with E-state index in [1.54, 1.807) is 6.08 Å². The molecule has 0 bridgehead atoms. The van der Waals surface area contributed by atoms with Gasteiger partial charge in [0.1, 0.15) is 0 Å². The predicted molar refractivity (Wildman–Crippen MR) is 76.2 cm³/mol. The summed E-state index contributed by atoms with van der Waals surface area (Å²) in [7, 11) is 0. The van der Waals surface area contributed by atoms with Gasteiger partial charge in [0.2, 0.25) is 5.91 Å². The average molecular weight is 295 g/mol. The molecule has 20 heavy (non-hydrogen) atoms. The average Bonchev–Trinajstić information content (AvgIpc) is 2.45. The number of carbonyl (C=O) groups is 2. The maximum absolute atomic E-state index is 11.6. The minimum Gasteiger partial charge on any atom is -0.272 e. The number of nitrogens with one attached hydrogen (secondary N) is 2. The molecular formula is C12H13N3O4S. The lowest BCUT2D eigenvalue weighted by Gasteiger charge is -2.06. The molecule has 8 heteroatoms. The summed E-state index contributed by atoms with van der Waals surface area (Å²) in [5.41, 5.74) is 4.59. The lowest BCUT2D eigenvalue weighted by molar-refractivity contribution is -0.384. The Hall–Kier alpha value is -2.35. The Kier molecular flexibility index (Phi) is 6.24. The van der Waals surface area contributed by atoms with Gasteiger partial charge >= 0.3 is 0 Å². The van der Waals surface area contributed by atoms with Crippen LogP contribution < -0.4 is 10.9 Å². The Labute approximate surface area is 119 Å². The van der Waals surface area contributed by atoms with E-state index in [2.05, 4.69) is 17.4 Å². The number of nitro benzene ring substituents is 1. The fourth-order valence-electron chi connectivity index (χ4n) is 1.20. The molecule has 2 N–H and O–H groups in total. The molecule has 1 rings (SSSR count). The van der Waals surface area contributed by atoms with Crippen molar-refractivity contribution in [1.29, 1.82) is 0 Å². The third-order valence-corrected chi connectivity index (χ3v) is 3.06. The van der Waals surface area contributed by atoms with E-state index in [-0.39, 0.29) is 22.9 Å². The van der Waals surface area contributed by atoms with E-state index in [0.717, 1.165) is 0 Å². The molecule has 7 nitrogen and oxygen atoms in total. The SMILES string of the molecule is C=CCSCC(=O)NNC(=O)c1ccc([N+](=O)[O-])cc1. The molecule has 0 saturated heterocycles. The van der Waals surface area contributed by atoms with Gasteiger partial charge in [0.15, 0.2) is 0 Å². The van der Waals surface area contributed by atoms with Crippen LogP contribution in [0.4, 0.5) is 5.69 Å². The summed E-state index contributed by atoms with van der Waals surface area (Å²) in [5, 5.41) is 10.5. The minimum absolute atomic E-state index is 0.105. The molecule has 2 amide bonds. The highest BCUT2D eigenvalue weighted by atomic mass is 32.2. The number of carbonyl (C=O) groups excluding carboxylic acids is 2. The van der Waals surface area contributed by atoms with E-state index in [0.29, 0.717) is 5.75 Å². The Balaban J connectivity index is 2.44. The number of benzene rings is 1. The van der Waals surface area contributed by atoms with Gasteiger partial charge in [0.25, 0.3) is 11.6 Å². The highest BCUT2D eigenvalue weighted by Crippen LogP contribution is 2.11. The van der Waals surface area contributed by atoms with Crippen molar-refractivity contribution in [2.45, 2.75) is 0 Å². The third kappa shape index (κ3) is 5.11. The first-order valence-electron chi connectivity index (χ1n) is 5.57. The number of rotatable bonds is 6. The van der Waals surface area contributed by atoms with Crippen LogP contribution in [0.15, 0.2) is 36.9 Å². The Morgan fingerprint density at radius 1 is 1.30 bits per heavy atom. The summed E-state index contributed by atoms with van der Waals surface area (Å²) in [6.45, 7) is 3.52. The number of hydrogen-bond donors (Lipinski definition) is 2. The molecule has 1 aromatic rings. The van der Waals surface area contributed by atoms with Crippen molar-refractivity contribution in [3.63, 3.8) is 0 Å². The molecule has 0 aliphatic carbocycles. The number of thioether (sulfide) groups is 1. The Morgan fingerprint density at radius 2 is 1.95 bits per heavy atom. The zero-order valence-corrected chi connectivity index (χ0v) is 11.3. The lowest BCUT2D eigenvalue weighted by atomic mass is 10.2. The van der Waals surface area contributed by atoms with E-state index in [1.807, 2.05) is 0 Å². The first kappa shape index (κ1) is 15.7. The summed E-state index contributed by atoms with van der Waals surface area (Å²) < 4.78 is 0. The molecule has 0 aromatic heterocycles. The summed E-state index contributed by atoms with van der Waals surface area (Å²) >= 11 is 1.36. The number of amides is 2. The van der Waals surface area contributed by atoms with Crippen molar-refractivity contribution in [1.82, 2.24) is 10.9 Å². The number of hydrogen-bond acceptors (Lipinski definition) is 5. The van der Waals surface area contributed by atoms with Crippen LogP contribution >= 0.6 is 11.8 Å². The molecule has 106 valence electrons. The zero-order chi connectivity index (χ0) is 15.0. The second-order valence-electron chi connectivity index (χ2n) is 3.61. The van der Waals surface area contributed by atoms with Gasteiger partial charge in [-0.1, -0.05) is 6.08 Å². The molecule has 0 unspecified atom stereocenters. The molecule has 0 fully saturated rings. The van der Waals surface area contributed by atoms with E-state index >= 15 is 0 Å². The van der Waals surface area contributed by atoms with Crippen molar-refractivity contribution in [2.75, 3.05) is 11.5 Å². The summed E-state index contributed by atoms with van der Waals surface area (Å²) in [4.78, 5) is 32.9. The predicted octanol–water partition coefficient (Wildman–Crippen LogP) is 1.27. The van der Waals surface area contributed by atoms with Crippen molar-refractivity contribution < 1.29 is 14.5 Å². The second kappa shape index (κ2) is 7.95. The topological polar surface area (TPSA) is 101 Å². The van der Waals surface area contributed by atoms with Crippen LogP contribution in [-0.4, -0.2) is 28.2 Å². The highest BCUT2D eigenvalue weighted by molar-refractivity contribution is 8.00.